The van der Waals surface area contributed by atoms with Crippen molar-refractivity contribution in [2.24, 2.45) is 5.92 Å². The Labute approximate surface area is 179 Å². The Bertz CT molecular complexity index is 1060. The number of benzene rings is 1. The third-order valence-electron chi connectivity index (χ3n) is 7.49. The maximum absolute atomic E-state index is 4.59. The molecule has 1 aromatic carbocycles. The van der Waals surface area contributed by atoms with E-state index in [1.807, 2.05) is 0 Å². The van der Waals surface area contributed by atoms with Crippen molar-refractivity contribution in [2.75, 3.05) is 19.6 Å². The van der Waals surface area contributed by atoms with Gasteiger partial charge in [0, 0.05) is 34.4 Å². The minimum Gasteiger partial charge on any atom is -0.354 e. The van der Waals surface area contributed by atoms with Gasteiger partial charge in [-0.25, -0.2) is 0 Å². The molecule has 3 fully saturated rings. The van der Waals surface area contributed by atoms with E-state index in [4.69, 9.17) is 0 Å². The number of aromatic amines is 1. The van der Waals surface area contributed by atoms with E-state index in [9.17, 15) is 0 Å². The number of aryl methyl sites for hydroxylation is 2. The Balaban J connectivity index is 1.33. The summed E-state index contributed by atoms with van der Waals surface area (Å²) in [5.41, 5.74) is 9.25. The van der Waals surface area contributed by atoms with Gasteiger partial charge >= 0.3 is 0 Å². The fraction of sp³-hybridized carbons (Fsp3) is 0.519. The molecule has 3 heterocycles. The molecular formula is C27H33N3. The summed E-state index contributed by atoms with van der Waals surface area (Å²) >= 11 is 0. The Hall–Kier alpha value is -2.13. The molecule has 1 saturated heterocycles. The van der Waals surface area contributed by atoms with E-state index in [1.165, 1.54) is 80.3 Å². The van der Waals surface area contributed by atoms with Crippen molar-refractivity contribution >= 4 is 10.9 Å². The van der Waals surface area contributed by atoms with Crippen LogP contribution in [0.2, 0.25) is 0 Å². The van der Waals surface area contributed by atoms with Crippen molar-refractivity contribution < 1.29 is 0 Å². The Morgan fingerprint density at radius 2 is 1.63 bits per heavy atom. The largest absolute Gasteiger partial charge is 0.354 e. The first-order valence-electron chi connectivity index (χ1n) is 12.0. The van der Waals surface area contributed by atoms with Gasteiger partial charge in [0.05, 0.1) is 5.69 Å². The highest BCUT2D eigenvalue weighted by molar-refractivity contribution is 5.92. The lowest BCUT2D eigenvalue weighted by molar-refractivity contribution is 0.205. The predicted octanol–water partition coefficient (Wildman–Crippen LogP) is 6.31. The molecule has 0 amide bonds. The lowest BCUT2D eigenvalue weighted by atomic mass is 9.88. The summed E-state index contributed by atoms with van der Waals surface area (Å²) in [6.45, 7) is 8.11. The number of piperidine rings is 1. The van der Waals surface area contributed by atoms with E-state index in [1.54, 1.807) is 11.1 Å². The Morgan fingerprint density at radius 1 is 0.900 bits per heavy atom. The number of aromatic nitrogens is 2. The van der Waals surface area contributed by atoms with E-state index < -0.39 is 0 Å². The summed E-state index contributed by atoms with van der Waals surface area (Å²) < 4.78 is 0. The number of nitrogens with one attached hydrogen (secondary N) is 1. The van der Waals surface area contributed by atoms with Crippen LogP contribution in [0.5, 0.6) is 0 Å². The van der Waals surface area contributed by atoms with Crippen molar-refractivity contribution in [1.29, 1.82) is 0 Å². The number of H-pyrrole nitrogens is 1. The van der Waals surface area contributed by atoms with Crippen molar-refractivity contribution in [1.82, 2.24) is 14.9 Å². The first-order valence-corrected chi connectivity index (χ1v) is 12.0. The molecular weight excluding hydrogens is 366 g/mol. The first kappa shape index (κ1) is 18.6. The minimum absolute atomic E-state index is 0.721. The average molecular weight is 400 g/mol. The van der Waals surface area contributed by atoms with Crippen LogP contribution in [0.1, 0.15) is 72.9 Å². The third kappa shape index (κ3) is 3.58. The lowest BCUT2D eigenvalue weighted by Crippen LogP contribution is -2.34. The topological polar surface area (TPSA) is 31.9 Å². The van der Waals surface area contributed by atoms with E-state index in [0.29, 0.717) is 0 Å². The second-order valence-corrected chi connectivity index (χ2v) is 10.1. The summed E-state index contributed by atoms with van der Waals surface area (Å²) in [5.74, 6) is 2.46. The van der Waals surface area contributed by atoms with Gasteiger partial charge in [0.15, 0.2) is 0 Å². The maximum atomic E-state index is 4.59. The van der Waals surface area contributed by atoms with Gasteiger partial charge in [0.1, 0.15) is 0 Å². The van der Waals surface area contributed by atoms with Crippen LogP contribution in [0.15, 0.2) is 30.3 Å². The second-order valence-electron chi connectivity index (χ2n) is 10.1. The summed E-state index contributed by atoms with van der Waals surface area (Å²) in [5, 5.41) is 1.47. The number of fused-ring (bicyclic) bond motifs is 1. The molecule has 1 N–H and O–H groups in total. The molecule has 3 heteroatoms. The standard InChI is InChI=1S/C27H33N3/c1-17-13-23(14-18(2)28-17)27-26(21-5-6-21)24-15-22(7-8-25(24)29-27)20-9-11-30(12-10-20)16-19-3-4-19/h7-8,13-15,19-21,29H,3-6,9-12,16H2,1-2H3. The number of nitrogens with zero attached hydrogens (tertiary/aromatic N) is 2. The molecule has 2 aliphatic carbocycles. The van der Waals surface area contributed by atoms with Crippen molar-refractivity contribution in [3.05, 3.63) is 52.8 Å². The molecule has 0 spiro atoms. The summed E-state index contributed by atoms with van der Waals surface area (Å²) in [6, 6.07) is 11.7. The highest BCUT2D eigenvalue weighted by atomic mass is 15.1. The van der Waals surface area contributed by atoms with Crippen LogP contribution in [0.25, 0.3) is 22.2 Å². The molecule has 2 saturated carbocycles. The van der Waals surface area contributed by atoms with E-state index >= 15 is 0 Å². The fourth-order valence-electron chi connectivity index (χ4n) is 5.60. The Morgan fingerprint density at radius 3 is 2.30 bits per heavy atom. The average Bonchev–Trinajstić information content (AvgIpc) is 3.66. The van der Waals surface area contributed by atoms with Crippen molar-refractivity contribution in [2.45, 2.75) is 64.2 Å². The Kier molecular flexibility index (Phi) is 4.49. The van der Waals surface area contributed by atoms with Gasteiger partial charge < -0.3 is 9.88 Å². The van der Waals surface area contributed by atoms with Crippen LogP contribution in [-0.2, 0) is 0 Å². The SMILES string of the molecule is Cc1cc(-c2[nH]c3ccc(C4CCN(CC5CC5)CC4)cc3c2C2CC2)cc(C)n1. The van der Waals surface area contributed by atoms with Crippen LogP contribution in [0.3, 0.4) is 0 Å². The molecule has 156 valence electrons. The van der Waals surface area contributed by atoms with E-state index in [0.717, 1.165) is 29.1 Å². The van der Waals surface area contributed by atoms with Gasteiger partial charge in [-0.2, -0.15) is 0 Å². The highest BCUT2D eigenvalue weighted by Crippen LogP contribution is 2.48. The number of pyridine rings is 1. The highest BCUT2D eigenvalue weighted by Gasteiger charge is 2.31. The summed E-state index contributed by atoms with van der Waals surface area (Å²) in [7, 11) is 0. The van der Waals surface area contributed by atoms with Crippen LogP contribution in [0.4, 0.5) is 0 Å². The minimum atomic E-state index is 0.721. The van der Waals surface area contributed by atoms with Crippen LogP contribution in [-0.4, -0.2) is 34.5 Å². The van der Waals surface area contributed by atoms with Crippen LogP contribution < -0.4 is 0 Å². The van der Waals surface area contributed by atoms with Gasteiger partial charge in [0.25, 0.3) is 0 Å². The third-order valence-corrected chi connectivity index (χ3v) is 7.49. The molecule has 0 radical (unpaired) electrons. The van der Waals surface area contributed by atoms with E-state index in [2.05, 4.69) is 59.0 Å². The normalized spacial score (nSPS) is 20.9. The summed E-state index contributed by atoms with van der Waals surface area (Å²) in [6.07, 6.45) is 8.22. The maximum Gasteiger partial charge on any atom is 0.0501 e. The molecule has 3 aliphatic rings. The second kappa shape index (κ2) is 7.23. The number of hydrogen-bond acceptors (Lipinski definition) is 2. The smallest absolute Gasteiger partial charge is 0.0501 e. The number of hydrogen-bond donors (Lipinski definition) is 1. The first-order chi connectivity index (χ1) is 14.6. The van der Waals surface area contributed by atoms with Crippen molar-refractivity contribution in [3.63, 3.8) is 0 Å². The van der Waals surface area contributed by atoms with Crippen LogP contribution >= 0.6 is 0 Å². The molecule has 0 atom stereocenters. The molecule has 0 bridgehead atoms. The zero-order chi connectivity index (χ0) is 20.2. The number of rotatable bonds is 5. The molecule has 2 aromatic heterocycles. The monoisotopic (exact) mass is 399 g/mol. The lowest BCUT2D eigenvalue weighted by Gasteiger charge is -2.32. The van der Waals surface area contributed by atoms with Gasteiger partial charge in [-0.15, -0.1) is 0 Å². The zero-order valence-electron chi connectivity index (χ0n) is 18.4. The predicted molar refractivity (Wildman–Crippen MR) is 124 cm³/mol. The van der Waals surface area contributed by atoms with Crippen molar-refractivity contribution in [3.8, 4) is 11.3 Å². The molecule has 3 aromatic rings. The number of likely N-dealkylation sites (tertiary alicyclic amines) is 1. The zero-order valence-corrected chi connectivity index (χ0v) is 18.4. The van der Waals surface area contributed by atoms with Gasteiger partial charge in [-0.05, 0) is 119 Å². The van der Waals surface area contributed by atoms with Crippen LogP contribution in [0, 0.1) is 19.8 Å². The molecule has 1 aliphatic heterocycles. The molecule has 30 heavy (non-hydrogen) atoms. The molecule has 3 nitrogen and oxygen atoms in total. The molecule has 0 unspecified atom stereocenters. The molecule has 6 rings (SSSR count). The van der Waals surface area contributed by atoms with Gasteiger partial charge in [-0.3, -0.25) is 4.98 Å². The van der Waals surface area contributed by atoms with E-state index in [-0.39, 0.29) is 0 Å². The quantitative estimate of drug-likeness (QED) is 0.545. The fourth-order valence-corrected chi connectivity index (χ4v) is 5.60. The van der Waals surface area contributed by atoms with Gasteiger partial charge in [-0.1, -0.05) is 6.07 Å². The summed E-state index contributed by atoms with van der Waals surface area (Å²) in [4.78, 5) is 11.1. The van der Waals surface area contributed by atoms with Gasteiger partial charge in [0.2, 0.25) is 0 Å².